The Balaban J connectivity index is 2.94. The lowest BCUT2D eigenvalue weighted by atomic mass is 9.81. The molecule has 0 bridgehead atoms. The Labute approximate surface area is 109 Å². The lowest BCUT2D eigenvalue weighted by Gasteiger charge is -2.34. The maximum absolute atomic E-state index is 11.7. The van der Waals surface area contributed by atoms with E-state index in [1.165, 1.54) is 0 Å². The van der Waals surface area contributed by atoms with Crippen LogP contribution in [0.15, 0.2) is 11.6 Å². The molecule has 0 saturated heterocycles. The minimum atomic E-state index is -1.28. The molecule has 0 aromatic heterocycles. The molecule has 0 aromatic rings. The van der Waals surface area contributed by atoms with E-state index in [2.05, 4.69) is 0 Å². The monoisotopic (exact) mass is 256 g/mol. The van der Waals surface area contributed by atoms with Crippen molar-refractivity contribution >= 4 is 5.97 Å². The second-order valence-corrected chi connectivity index (χ2v) is 5.78. The van der Waals surface area contributed by atoms with Crippen molar-refractivity contribution in [2.24, 2.45) is 11.8 Å². The Hall–Kier alpha value is -0.870. The predicted octanol–water partition coefficient (Wildman–Crippen LogP) is 1.65. The molecule has 0 saturated carbocycles. The molecule has 18 heavy (non-hydrogen) atoms. The van der Waals surface area contributed by atoms with Crippen LogP contribution in [0.25, 0.3) is 0 Å². The molecule has 0 aromatic carbocycles. The van der Waals surface area contributed by atoms with Gasteiger partial charge in [-0.2, -0.15) is 0 Å². The molecule has 4 atom stereocenters. The standard InChI is InChI=1S/C14H24O4/c1-9-5-6-18-13(16)11(3)12(15)14(4,17)8-10(2)7-9/h5,10-12,15,17H,6-8H2,1-4H3. The molecular weight excluding hydrogens is 232 g/mol. The van der Waals surface area contributed by atoms with Crippen LogP contribution >= 0.6 is 0 Å². The van der Waals surface area contributed by atoms with Gasteiger partial charge in [0.05, 0.1) is 17.6 Å². The zero-order chi connectivity index (χ0) is 13.9. The van der Waals surface area contributed by atoms with E-state index < -0.39 is 23.6 Å². The van der Waals surface area contributed by atoms with Crippen LogP contribution in [0.5, 0.6) is 0 Å². The van der Waals surface area contributed by atoms with Gasteiger partial charge >= 0.3 is 5.97 Å². The van der Waals surface area contributed by atoms with Crippen LogP contribution in [-0.4, -0.2) is 34.5 Å². The summed E-state index contributed by atoms with van der Waals surface area (Å²) in [6.45, 7) is 7.41. The van der Waals surface area contributed by atoms with Crippen LogP contribution in [0.3, 0.4) is 0 Å². The average Bonchev–Trinajstić information content (AvgIpc) is 2.25. The summed E-state index contributed by atoms with van der Waals surface area (Å²) >= 11 is 0. The summed E-state index contributed by atoms with van der Waals surface area (Å²) in [6.07, 6.45) is 2.06. The number of rotatable bonds is 0. The summed E-state index contributed by atoms with van der Waals surface area (Å²) < 4.78 is 5.07. The van der Waals surface area contributed by atoms with Crippen LogP contribution < -0.4 is 0 Å². The van der Waals surface area contributed by atoms with Gasteiger partial charge in [-0.15, -0.1) is 0 Å². The highest BCUT2D eigenvalue weighted by Crippen LogP contribution is 2.29. The highest BCUT2D eigenvalue weighted by molar-refractivity contribution is 5.73. The second-order valence-electron chi connectivity index (χ2n) is 5.78. The van der Waals surface area contributed by atoms with Crippen molar-refractivity contribution in [3.63, 3.8) is 0 Å². The number of carbonyl (C=O) groups excluding carboxylic acids is 1. The van der Waals surface area contributed by atoms with Crippen LogP contribution in [0.2, 0.25) is 0 Å². The fourth-order valence-corrected chi connectivity index (χ4v) is 2.60. The van der Waals surface area contributed by atoms with Gasteiger partial charge in [-0.3, -0.25) is 4.79 Å². The Bertz CT molecular complexity index is 333. The first-order valence-electron chi connectivity index (χ1n) is 6.46. The minimum Gasteiger partial charge on any atom is -0.461 e. The smallest absolute Gasteiger partial charge is 0.311 e. The molecule has 0 fully saturated rings. The summed E-state index contributed by atoms with van der Waals surface area (Å²) in [5.74, 6) is -0.952. The third-order valence-electron chi connectivity index (χ3n) is 3.57. The van der Waals surface area contributed by atoms with Gasteiger partial charge in [0, 0.05) is 0 Å². The van der Waals surface area contributed by atoms with Crippen LogP contribution in [0.1, 0.15) is 40.5 Å². The third kappa shape index (κ3) is 3.82. The van der Waals surface area contributed by atoms with E-state index in [1.807, 2.05) is 19.9 Å². The number of aliphatic hydroxyl groups excluding tert-OH is 1. The summed E-state index contributed by atoms with van der Waals surface area (Å²) in [6, 6.07) is 0. The van der Waals surface area contributed by atoms with Crippen LogP contribution in [0.4, 0.5) is 0 Å². The topological polar surface area (TPSA) is 66.8 Å². The normalized spacial score (nSPS) is 39.6. The molecule has 0 aliphatic carbocycles. The van der Waals surface area contributed by atoms with Crippen molar-refractivity contribution in [3.05, 3.63) is 11.6 Å². The average molecular weight is 256 g/mol. The third-order valence-corrected chi connectivity index (χ3v) is 3.57. The molecule has 1 aliphatic rings. The summed E-state index contributed by atoms with van der Waals surface area (Å²) in [4.78, 5) is 11.7. The maximum Gasteiger partial charge on any atom is 0.311 e. The van der Waals surface area contributed by atoms with Gasteiger partial charge in [0.2, 0.25) is 0 Å². The van der Waals surface area contributed by atoms with Crippen LogP contribution in [0, 0.1) is 11.8 Å². The first-order valence-corrected chi connectivity index (χ1v) is 6.46. The highest BCUT2D eigenvalue weighted by Gasteiger charge is 2.39. The van der Waals surface area contributed by atoms with Crippen molar-refractivity contribution in [1.82, 2.24) is 0 Å². The van der Waals surface area contributed by atoms with Gasteiger partial charge in [-0.05, 0) is 45.6 Å². The zero-order valence-corrected chi connectivity index (χ0v) is 11.6. The molecule has 0 amide bonds. The summed E-state index contributed by atoms with van der Waals surface area (Å²) in [7, 11) is 0. The fraction of sp³-hybridized carbons (Fsp3) is 0.786. The molecule has 104 valence electrons. The number of hydrogen-bond donors (Lipinski definition) is 2. The molecule has 0 radical (unpaired) electrons. The predicted molar refractivity (Wildman–Crippen MR) is 68.9 cm³/mol. The second kappa shape index (κ2) is 5.85. The molecule has 0 spiro atoms. The van der Waals surface area contributed by atoms with E-state index >= 15 is 0 Å². The lowest BCUT2D eigenvalue weighted by Crippen LogP contribution is -2.47. The molecular formula is C14H24O4. The number of aliphatic hydroxyl groups is 2. The Kier molecular flexibility index (Phi) is 4.93. The zero-order valence-electron chi connectivity index (χ0n) is 11.6. The van der Waals surface area contributed by atoms with Crippen molar-refractivity contribution < 1.29 is 19.7 Å². The van der Waals surface area contributed by atoms with Gasteiger partial charge in [-0.25, -0.2) is 0 Å². The first-order chi connectivity index (χ1) is 8.24. The number of ether oxygens (including phenoxy) is 1. The molecule has 4 unspecified atom stereocenters. The van der Waals surface area contributed by atoms with Crippen molar-refractivity contribution in [1.29, 1.82) is 0 Å². The van der Waals surface area contributed by atoms with Gasteiger partial charge < -0.3 is 14.9 Å². The minimum absolute atomic E-state index is 0.233. The van der Waals surface area contributed by atoms with E-state index in [1.54, 1.807) is 13.8 Å². The molecule has 1 aliphatic heterocycles. The molecule has 1 rings (SSSR count). The van der Waals surface area contributed by atoms with Crippen molar-refractivity contribution in [3.8, 4) is 0 Å². The summed E-state index contributed by atoms with van der Waals surface area (Å²) in [5.41, 5.74) is -0.141. The van der Waals surface area contributed by atoms with Gasteiger partial charge in [-0.1, -0.05) is 12.5 Å². The number of carbonyl (C=O) groups is 1. The fourth-order valence-electron chi connectivity index (χ4n) is 2.60. The van der Waals surface area contributed by atoms with E-state index in [0.29, 0.717) is 6.42 Å². The lowest BCUT2D eigenvalue weighted by molar-refractivity contribution is -0.160. The van der Waals surface area contributed by atoms with Crippen LogP contribution in [-0.2, 0) is 9.53 Å². The summed E-state index contributed by atoms with van der Waals surface area (Å²) in [5, 5.41) is 20.4. The molecule has 4 heteroatoms. The SMILES string of the molecule is CC1=CCOC(=O)C(C)C(O)C(C)(O)CC(C)C1. The molecule has 2 N–H and O–H groups in total. The Morgan fingerprint density at radius 1 is 1.44 bits per heavy atom. The van der Waals surface area contributed by atoms with E-state index in [4.69, 9.17) is 4.74 Å². The Morgan fingerprint density at radius 3 is 2.67 bits per heavy atom. The first kappa shape index (κ1) is 15.2. The largest absolute Gasteiger partial charge is 0.461 e. The Morgan fingerprint density at radius 2 is 2.06 bits per heavy atom. The van der Waals surface area contributed by atoms with E-state index in [0.717, 1.165) is 12.0 Å². The number of cyclic esters (lactones) is 1. The molecule has 1 heterocycles. The number of esters is 1. The van der Waals surface area contributed by atoms with Crippen molar-refractivity contribution in [2.45, 2.75) is 52.2 Å². The quantitative estimate of drug-likeness (QED) is 0.511. The van der Waals surface area contributed by atoms with E-state index in [9.17, 15) is 15.0 Å². The molecule has 4 nitrogen and oxygen atoms in total. The van der Waals surface area contributed by atoms with Gasteiger partial charge in [0.15, 0.2) is 0 Å². The highest BCUT2D eigenvalue weighted by atomic mass is 16.5. The number of allylic oxidation sites excluding steroid dienone is 1. The number of hydrogen-bond acceptors (Lipinski definition) is 4. The van der Waals surface area contributed by atoms with Crippen molar-refractivity contribution in [2.75, 3.05) is 6.61 Å². The van der Waals surface area contributed by atoms with Gasteiger partial charge in [0.1, 0.15) is 6.61 Å². The van der Waals surface area contributed by atoms with Gasteiger partial charge in [0.25, 0.3) is 0 Å². The maximum atomic E-state index is 11.7. The van der Waals surface area contributed by atoms with E-state index in [-0.39, 0.29) is 12.5 Å².